The first-order valence-electron chi connectivity index (χ1n) is 8.75. The molecule has 4 rings (SSSR count). The lowest BCUT2D eigenvalue weighted by atomic mass is 9.90. The molecule has 0 aliphatic carbocycles. The molecule has 1 fully saturated rings. The lowest BCUT2D eigenvalue weighted by molar-refractivity contribution is 0.146. The lowest BCUT2D eigenvalue weighted by Gasteiger charge is -2.26. The van der Waals surface area contributed by atoms with Gasteiger partial charge >= 0.3 is 0 Å². The van der Waals surface area contributed by atoms with Crippen molar-refractivity contribution >= 4 is 33.1 Å². The molecule has 1 aliphatic rings. The van der Waals surface area contributed by atoms with Crippen LogP contribution in [0, 0.1) is 0 Å². The monoisotopic (exact) mass is 339 g/mol. The van der Waals surface area contributed by atoms with E-state index in [2.05, 4.69) is 35.6 Å². The number of fused-ring (bicyclic) bond motifs is 3. The molecule has 2 N–H and O–H groups in total. The third kappa shape index (κ3) is 3.02. The first kappa shape index (κ1) is 15.9. The fraction of sp³-hybridized carbons (Fsp3) is 0.333. The SMILES string of the molecule is OC(CC1CCCCN1)c1cc2cc(Cl)ccc2c2ccccc12. The van der Waals surface area contributed by atoms with Crippen LogP contribution in [0.25, 0.3) is 21.5 Å². The van der Waals surface area contributed by atoms with Gasteiger partial charge in [-0.15, -0.1) is 0 Å². The fourth-order valence-corrected chi connectivity index (χ4v) is 4.09. The summed E-state index contributed by atoms with van der Waals surface area (Å²) < 4.78 is 0. The van der Waals surface area contributed by atoms with E-state index in [1.807, 2.05) is 18.2 Å². The molecule has 0 amide bonds. The van der Waals surface area contributed by atoms with Crippen LogP contribution >= 0.6 is 11.6 Å². The van der Waals surface area contributed by atoms with Crippen LogP contribution in [0.2, 0.25) is 5.02 Å². The van der Waals surface area contributed by atoms with Crippen LogP contribution in [-0.2, 0) is 0 Å². The number of aliphatic hydroxyl groups excluding tert-OH is 1. The summed E-state index contributed by atoms with van der Waals surface area (Å²) in [4.78, 5) is 0. The number of nitrogens with one attached hydrogen (secondary N) is 1. The number of hydrogen-bond donors (Lipinski definition) is 2. The van der Waals surface area contributed by atoms with E-state index in [-0.39, 0.29) is 0 Å². The van der Waals surface area contributed by atoms with Crippen molar-refractivity contribution in [1.82, 2.24) is 5.32 Å². The number of hydrogen-bond acceptors (Lipinski definition) is 2. The maximum absolute atomic E-state index is 10.9. The van der Waals surface area contributed by atoms with Crippen molar-refractivity contribution in [1.29, 1.82) is 0 Å². The molecule has 1 saturated heterocycles. The van der Waals surface area contributed by atoms with Crippen molar-refractivity contribution in [3.63, 3.8) is 0 Å². The van der Waals surface area contributed by atoms with Crippen LogP contribution in [0.3, 0.4) is 0 Å². The highest BCUT2D eigenvalue weighted by atomic mass is 35.5. The summed E-state index contributed by atoms with van der Waals surface area (Å²) in [6, 6.07) is 16.8. The Bertz CT molecular complexity index is 870. The minimum absolute atomic E-state index is 0.405. The molecule has 1 heterocycles. The second kappa shape index (κ2) is 6.72. The fourth-order valence-electron chi connectivity index (χ4n) is 3.91. The lowest BCUT2D eigenvalue weighted by Crippen LogP contribution is -2.35. The molecule has 0 aromatic heterocycles. The summed E-state index contributed by atoms with van der Waals surface area (Å²) in [6.07, 6.45) is 3.93. The van der Waals surface area contributed by atoms with E-state index >= 15 is 0 Å². The third-order valence-corrected chi connectivity index (χ3v) is 5.37. The molecular weight excluding hydrogens is 318 g/mol. The average molecular weight is 340 g/mol. The van der Waals surface area contributed by atoms with Crippen LogP contribution < -0.4 is 5.32 Å². The summed E-state index contributed by atoms with van der Waals surface area (Å²) in [5.74, 6) is 0. The summed E-state index contributed by atoms with van der Waals surface area (Å²) in [5, 5.41) is 19.8. The Balaban J connectivity index is 1.80. The second-order valence-corrected chi connectivity index (χ2v) is 7.21. The van der Waals surface area contributed by atoms with Gasteiger partial charge in [0.25, 0.3) is 0 Å². The summed E-state index contributed by atoms with van der Waals surface area (Å²) in [7, 11) is 0. The number of halogens is 1. The van der Waals surface area contributed by atoms with Gasteiger partial charge in [-0.05, 0) is 71.1 Å². The molecule has 0 spiro atoms. The second-order valence-electron chi connectivity index (χ2n) is 6.78. The van der Waals surface area contributed by atoms with Gasteiger partial charge in [-0.1, -0.05) is 48.4 Å². The van der Waals surface area contributed by atoms with Crippen molar-refractivity contribution in [2.24, 2.45) is 0 Å². The van der Waals surface area contributed by atoms with Gasteiger partial charge in [0, 0.05) is 11.1 Å². The van der Waals surface area contributed by atoms with E-state index in [4.69, 9.17) is 11.6 Å². The van der Waals surface area contributed by atoms with Gasteiger partial charge < -0.3 is 10.4 Å². The zero-order chi connectivity index (χ0) is 16.5. The maximum Gasteiger partial charge on any atom is 0.0811 e. The van der Waals surface area contributed by atoms with E-state index in [1.165, 1.54) is 23.6 Å². The van der Waals surface area contributed by atoms with Gasteiger partial charge in [0.15, 0.2) is 0 Å². The molecule has 2 atom stereocenters. The van der Waals surface area contributed by atoms with Gasteiger partial charge in [0.05, 0.1) is 6.10 Å². The third-order valence-electron chi connectivity index (χ3n) is 5.13. The smallest absolute Gasteiger partial charge is 0.0811 e. The van der Waals surface area contributed by atoms with Crippen LogP contribution in [0.15, 0.2) is 48.5 Å². The first-order chi connectivity index (χ1) is 11.7. The average Bonchev–Trinajstić information content (AvgIpc) is 2.61. The highest BCUT2D eigenvalue weighted by Crippen LogP contribution is 2.35. The number of aliphatic hydroxyl groups is 1. The normalized spacial score (nSPS) is 19.7. The zero-order valence-electron chi connectivity index (χ0n) is 13.6. The Morgan fingerprint density at radius 2 is 1.88 bits per heavy atom. The predicted molar refractivity (Wildman–Crippen MR) is 102 cm³/mol. The molecule has 3 heteroatoms. The summed E-state index contributed by atoms with van der Waals surface area (Å²) in [5.41, 5.74) is 1.01. The van der Waals surface area contributed by atoms with Gasteiger partial charge in [0.1, 0.15) is 0 Å². The van der Waals surface area contributed by atoms with Gasteiger partial charge in [0.2, 0.25) is 0 Å². The molecule has 0 saturated carbocycles. The maximum atomic E-state index is 10.9. The molecule has 2 unspecified atom stereocenters. The Kier molecular flexibility index (Phi) is 4.45. The van der Waals surface area contributed by atoms with Crippen molar-refractivity contribution in [3.05, 3.63) is 59.1 Å². The van der Waals surface area contributed by atoms with Crippen molar-refractivity contribution < 1.29 is 5.11 Å². The van der Waals surface area contributed by atoms with Crippen molar-refractivity contribution in [3.8, 4) is 0 Å². The van der Waals surface area contributed by atoms with Crippen LogP contribution in [0.5, 0.6) is 0 Å². The van der Waals surface area contributed by atoms with Gasteiger partial charge in [-0.2, -0.15) is 0 Å². The number of benzene rings is 3. The quantitative estimate of drug-likeness (QED) is 0.642. The largest absolute Gasteiger partial charge is 0.388 e. The Labute approximate surface area is 147 Å². The first-order valence-corrected chi connectivity index (χ1v) is 9.12. The predicted octanol–water partition coefficient (Wildman–Crippen LogP) is 5.21. The van der Waals surface area contributed by atoms with E-state index in [1.54, 1.807) is 0 Å². The highest BCUT2D eigenvalue weighted by molar-refractivity contribution is 6.31. The molecule has 3 aromatic rings. The highest BCUT2D eigenvalue weighted by Gasteiger charge is 2.20. The molecule has 0 radical (unpaired) electrons. The molecule has 124 valence electrons. The summed E-state index contributed by atoms with van der Waals surface area (Å²) in [6.45, 7) is 1.06. The minimum atomic E-state index is -0.464. The van der Waals surface area contributed by atoms with Crippen molar-refractivity contribution in [2.75, 3.05) is 6.54 Å². The molecule has 2 nitrogen and oxygen atoms in total. The molecule has 24 heavy (non-hydrogen) atoms. The van der Waals surface area contributed by atoms with E-state index in [0.29, 0.717) is 6.04 Å². The van der Waals surface area contributed by atoms with Crippen LogP contribution in [-0.4, -0.2) is 17.7 Å². The molecule has 3 aromatic carbocycles. The topological polar surface area (TPSA) is 32.3 Å². The standard InChI is InChI=1S/C21H22ClNO/c22-15-8-9-17-14(11-15)12-20(19-7-2-1-6-18(17)19)21(24)13-16-5-3-4-10-23-16/h1-2,6-9,11-12,16,21,23-24H,3-5,10,13H2. The van der Waals surface area contributed by atoms with Gasteiger partial charge in [-0.25, -0.2) is 0 Å². The Morgan fingerprint density at radius 1 is 1.04 bits per heavy atom. The van der Waals surface area contributed by atoms with Crippen LogP contribution in [0.1, 0.15) is 37.4 Å². The summed E-state index contributed by atoms with van der Waals surface area (Å²) >= 11 is 6.18. The number of piperidine rings is 1. The molecule has 0 bridgehead atoms. The van der Waals surface area contributed by atoms with E-state index < -0.39 is 6.10 Å². The zero-order valence-corrected chi connectivity index (χ0v) is 14.4. The Hall–Kier alpha value is -1.61. The van der Waals surface area contributed by atoms with Crippen molar-refractivity contribution in [2.45, 2.75) is 37.8 Å². The minimum Gasteiger partial charge on any atom is -0.388 e. The van der Waals surface area contributed by atoms with Crippen LogP contribution in [0.4, 0.5) is 0 Å². The number of rotatable bonds is 3. The Morgan fingerprint density at radius 3 is 2.67 bits per heavy atom. The van der Waals surface area contributed by atoms with E-state index in [0.717, 1.165) is 40.7 Å². The van der Waals surface area contributed by atoms with E-state index in [9.17, 15) is 5.11 Å². The molecule has 1 aliphatic heterocycles. The molecular formula is C21H22ClNO. The van der Waals surface area contributed by atoms with Gasteiger partial charge in [-0.3, -0.25) is 0 Å².